The van der Waals surface area contributed by atoms with Gasteiger partial charge in [0, 0.05) is 37.6 Å². The molecule has 0 aliphatic carbocycles. The number of methoxy groups -OCH3 is 1. The lowest BCUT2D eigenvalue weighted by molar-refractivity contribution is -0.136. The molecule has 11 heteroatoms. The number of amides is 4. The number of carbonyl (C=O) groups is 4. The highest BCUT2D eigenvalue weighted by Gasteiger charge is 2.37. The van der Waals surface area contributed by atoms with E-state index in [2.05, 4.69) is 10.2 Å². The summed E-state index contributed by atoms with van der Waals surface area (Å²) in [6.45, 7) is 3.83. The molecule has 1 N–H and O–H groups in total. The van der Waals surface area contributed by atoms with Crippen LogP contribution in [0.2, 0.25) is 0 Å². The van der Waals surface area contributed by atoms with E-state index in [1.807, 2.05) is 61.5 Å². The van der Waals surface area contributed by atoms with Crippen molar-refractivity contribution in [2.75, 3.05) is 56.7 Å². The van der Waals surface area contributed by atoms with Gasteiger partial charge in [-0.15, -0.1) is 0 Å². The summed E-state index contributed by atoms with van der Waals surface area (Å²) < 4.78 is 11.1. The summed E-state index contributed by atoms with van der Waals surface area (Å²) >= 11 is 0.791. The van der Waals surface area contributed by atoms with Gasteiger partial charge >= 0.3 is 0 Å². The van der Waals surface area contributed by atoms with E-state index in [9.17, 15) is 19.2 Å². The molecule has 2 aliphatic heterocycles. The highest BCUT2D eigenvalue weighted by Crippen LogP contribution is 2.34. The summed E-state index contributed by atoms with van der Waals surface area (Å²) in [6, 6.07) is 22.4. The number of nitrogens with zero attached hydrogens (tertiary/aromatic N) is 3. The maximum absolute atomic E-state index is 13.1. The largest absolute Gasteiger partial charge is 0.493 e. The van der Waals surface area contributed by atoms with Gasteiger partial charge in [-0.05, 0) is 66.7 Å². The molecule has 10 nitrogen and oxygen atoms in total. The third kappa shape index (κ3) is 7.36. The van der Waals surface area contributed by atoms with Crippen LogP contribution in [0.15, 0.2) is 77.7 Å². The maximum Gasteiger partial charge on any atom is 0.294 e. The van der Waals surface area contributed by atoms with E-state index in [1.165, 1.54) is 7.11 Å². The highest BCUT2D eigenvalue weighted by atomic mass is 32.2. The second kappa shape index (κ2) is 13.5. The van der Waals surface area contributed by atoms with Gasteiger partial charge in [0.2, 0.25) is 5.91 Å². The molecule has 2 aliphatic rings. The van der Waals surface area contributed by atoms with Crippen molar-refractivity contribution in [2.24, 2.45) is 0 Å². The summed E-state index contributed by atoms with van der Waals surface area (Å²) in [5.41, 5.74) is 3.46. The standard InChI is InChI=1S/C32H32N4O6S/c1-22-8-11-24(12-9-22)33-29(37)21-42-26-13-10-23(18-27(26)41-2)19-28-31(39)36(32(40)43-28)20-30(38)35-16-14-34(15-17-35)25-6-4-3-5-7-25/h3-13,18-19H,14-17,20-21H2,1-2H3,(H,33,37)/b28-19+. The number of nitrogens with one attached hydrogen (secondary N) is 1. The summed E-state index contributed by atoms with van der Waals surface area (Å²) in [7, 11) is 1.47. The Morgan fingerprint density at radius 1 is 0.930 bits per heavy atom. The lowest BCUT2D eigenvalue weighted by atomic mass is 10.2. The Hall–Kier alpha value is -4.77. The Labute approximate surface area is 254 Å². The number of aryl methyl sites for hydroxylation is 1. The average molecular weight is 601 g/mol. The van der Waals surface area contributed by atoms with E-state index < -0.39 is 11.1 Å². The van der Waals surface area contributed by atoms with Gasteiger partial charge < -0.3 is 24.6 Å². The SMILES string of the molecule is COc1cc(/C=C2/SC(=O)N(CC(=O)N3CCN(c4ccccc4)CC3)C2=O)ccc1OCC(=O)Nc1ccc(C)cc1. The monoisotopic (exact) mass is 600 g/mol. The molecule has 2 heterocycles. The molecule has 0 spiro atoms. The van der Waals surface area contributed by atoms with E-state index >= 15 is 0 Å². The first kappa shape index (κ1) is 29.7. The van der Waals surface area contributed by atoms with Crippen LogP contribution in [-0.2, 0) is 14.4 Å². The molecule has 0 radical (unpaired) electrons. The van der Waals surface area contributed by atoms with Crippen molar-refractivity contribution in [1.29, 1.82) is 0 Å². The molecule has 2 saturated heterocycles. The molecule has 0 bridgehead atoms. The van der Waals surface area contributed by atoms with Crippen molar-refractivity contribution >= 4 is 52.2 Å². The third-order valence-corrected chi connectivity index (χ3v) is 8.01. The molecular formula is C32H32N4O6S. The van der Waals surface area contributed by atoms with Gasteiger partial charge in [-0.25, -0.2) is 0 Å². The van der Waals surface area contributed by atoms with Crippen LogP contribution in [0.25, 0.3) is 6.08 Å². The maximum atomic E-state index is 13.1. The second-order valence-electron chi connectivity index (χ2n) is 10.1. The van der Waals surface area contributed by atoms with Crippen molar-refractivity contribution in [3.63, 3.8) is 0 Å². The number of piperazine rings is 1. The number of rotatable bonds is 9. The van der Waals surface area contributed by atoms with Gasteiger partial charge in [0.05, 0.1) is 12.0 Å². The van der Waals surface area contributed by atoms with Gasteiger partial charge in [-0.2, -0.15) is 0 Å². The molecule has 2 fully saturated rings. The number of imide groups is 1. The summed E-state index contributed by atoms with van der Waals surface area (Å²) in [5, 5.41) is 2.29. The molecule has 43 heavy (non-hydrogen) atoms. The second-order valence-corrected chi connectivity index (χ2v) is 11.1. The Bertz CT molecular complexity index is 1540. The van der Waals surface area contributed by atoms with Crippen LogP contribution in [0.4, 0.5) is 16.2 Å². The minimum atomic E-state index is -0.515. The van der Waals surface area contributed by atoms with Crippen LogP contribution in [0.3, 0.4) is 0 Å². The van der Waals surface area contributed by atoms with Gasteiger partial charge in [-0.3, -0.25) is 24.1 Å². The number of ether oxygens (including phenoxy) is 2. The summed E-state index contributed by atoms with van der Waals surface area (Å²) in [6.07, 6.45) is 1.57. The van der Waals surface area contributed by atoms with E-state index in [4.69, 9.17) is 9.47 Å². The predicted molar refractivity (Wildman–Crippen MR) is 166 cm³/mol. The first-order chi connectivity index (χ1) is 20.8. The quantitative estimate of drug-likeness (QED) is 0.360. The fourth-order valence-electron chi connectivity index (χ4n) is 4.75. The topological polar surface area (TPSA) is 108 Å². The van der Waals surface area contributed by atoms with Crippen molar-refractivity contribution in [2.45, 2.75) is 6.92 Å². The molecule has 3 aromatic rings. The lowest BCUT2D eigenvalue weighted by Crippen LogP contribution is -2.51. The van der Waals surface area contributed by atoms with E-state index in [-0.39, 0.29) is 29.9 Å². The highest BCUT2D eigenvalue weighted by molar-refractivity contribution is 8.18. The fourth-order valence-corrected chi connectivity index (χ4v) is 5.58. The Kier molecular flexibility index (Phi) is 9.31. The smallest absolute Gasteiger partial charge is 0.294 e. The van der Waals surface area contributed by atoms with Crippen molar-refractivity contribution in [3.8, 4) is 11.5 Å². The van der Waals surface area contributed by atoms with Gasteiger partial charge in [-0.1, -0.05) is 42.0 Å². The molecular weight excluding hydrogens is 568 g/mol. The number of benzene rings is 3. The molecule has 3 aromatic carbocycles. The van der Waals surface area contributed by atoms with Crippen molar-refractivity contribution in [1.82, 2.24) is 9.80 Å². The van der Waals surface area contributed by atoms with E-state index in [0.29, 0.717) is 48.9 Å². The third-order valence-electron chi connectivity index (χ3n) is 7.10. The molecule has 5 rings (SSSR count). The summed E-state index contributed by atoms with van der Waals surface area (Å²) in [5.74, 6) is -0.383. The average Bonchev–Trinajstić information content (AvgIpc) is 3.29. The van der Waals surface area contributed by atoms with E-state index in [1.54, 1.807) is 29.2 Å². The molecule has 0 atom stereocenters. The van der Waals surface area contributed by atoms with Crippen molar-refractivity contribution < 1.29 is 28.7 Å². The fraction of sp³-hybridized carbons (Fsp3) is 0.250. The number of thioether (sulfide) groups is 1. The number of carbonyl (C=O) groups excluding carboxylic acids is 4. The Balaban J connectivity index is 1.16. The summed E-state index contributed by atoms with van der Waals surface area (Å²) in [4.78, 5) is 56.2. The zero-order valence-electron chi connectivity index (χ0n) is 23.9. The molecule has 0 saturated carbocycles. The predicted octanol–water partition coefficient (Wildman–Crippen LogP) is 4.41. The normalized spacial score (nSPS) is 16.0. The first-order valence-corrected chi connectivity index (χ1v) is 14.6. The zero-order chi connectivity index (χ0) is 30.3. The van der Waals surface area contributed by atoms with Crippen LogP contribution < -0.4 is 19.7 Å². The van der Waals surface area contributed by atoms with Gasteiger partial charge in [0.15, 0.2) is 18.1 Å². The molecule has 0 unspecified atom stereocenters. The number of anilines is 2. The Morgan fingerprint density at radius 3 is 2.35 bits per heavy atom. The molecule has 4 amide bonds. The Morgan fingerprint density at radius 2 is 1.65 bits per heavy atom. The number of hydrogen-bond acceptors (Lipinski definition) is 8. The van der Waals surface area contributed by atoms with Gasteiger partial charge in [0.1, 0.15) is 6.54 Å². The first-order valence-electron chi connectivity index (χ1n) is 13.8. The van der Waals surface area contributed by atoms with Crippen molar-refractivity contribution in [3.05, 3.63) is 88.8 Å². The molecule has 222 valence electrons. The van der Waals surface area contributed by atoms with Crippen LogP contribution in [0, 0.1) is 6.92 Å². The lowest BCUT2D eigenvalue weighted by Gasteiger charge is -2.36. The van der Waals surface area contributed by atoms with Crippen LogP contribution in [-0.4, -0.2) is 79.2 Å². The number of hydrogen-bond donors (Lipinski definition) is 1. The van der Waals surface area contributed by atoms with Crippen LogP contribution in [0.1, 0.15) is 11.1 Å². The molecule has 0 aromatic heterocycles. The van der Waals surface area contributed by atoms with Gasteiger partial charge in [0.25, 0.3) is 17.1 Å². The minimum Gasteiger partial charge on any atom is -0.493 e. The van der Waals surface area contributed by atoms with Crippen LogP contribution in [0.5, 0.6) is 11.5 Å². The number of para-hydroxylation sites is 1. The minimum absolute atomic E-state index is 0.208. The van der Waals surface area contributed by atoms with E-state index in [0.717, 1.165) is 27.9 Å². The van der Waals surface area contributed by atoms with Crippen LogP contribution >= 0.6 is 11.8 Å². The zero-order valence-corrected chi connectivity index (χ0v) is 24.8.